The third-order valence-corrected chi connectivity index (χ3v) is 3.25. The Hall–Kier alpha value is -1.22. The van der Waals surface area contributed by atoms with E-state index in [0.717, 1.165) is 18.7 Å². The van der Waals surface area contributed by atoms with Gasteiger partial charge in [-0.2, -0.15) is 5.26 Å². The summed E-state index contributed by atoms with van der Waals surface area (Å²) in [6.07, 6.45) is 2.22. The molecule has 1 unspecified atom stereocenters. The van der Waals surface area contributed by atoms with Gasteiger partial charge in [0.25, 0.3) is 0 Å². The molecule has 1 rings (SSSR count). The highest BCUT2D eigenvalue weighted by molar-refractivity contribution is 8.14. The Morgan fingerprint density at radius 3 is 2.94 bits per heavy atom. The van der Waals surface area contributed by atoms with E-state index in [2.05, 4.69) is 18.8 Å². The van der Waals surface area contributed by atoms with Crippen LogP contribution < -0.4 is 0 Å². The fraction of sp³-hybridized carbons (Fsp3) is 0.727. The lowest BCUT2D eigenvalue weighted by Gasteiger charge is -2.29. The minimum atomic E-state index is -0.311. The molecule has 0 aromatic carbocycles. The average Bonchev–Trinajstić information content (AvgIpc) is 2.64. The van der Waals surface area contributed by atoms with Gasteiger partial charge < -0.3 is 9.64 Å². The van der Waals surface area contributed by atoms with Crippen molar-refractivity contribution in [2.24, 2.45) is 10.9 Å². The quantitative estimate of drug-likeness (QED) is 0.566. The van der Waals surface area contributed by atoms with Crippen molar-refractivity contribution in [3.63, 3.8) is 0 Å². The Labute approximate surface area is 106 Å². The monoisotopic (exact) mass is 255 g/mol. The van der Waals surface area contributed by atoms with Crippen molar-refractivity contribution in [3.8, 4) is 6.19 Å². The van der Waals surface area contributed by atoms with Crippen molar-refractivity contribution in [3.05, 3.63) is 0 Å². The molecule has 0 bridgehead atoms. The highest BCUT2D eigenvalue weighted by Gasteiger charge is 2.29. The van der Waals surface area contributed by atoms with E-state index in [4.69, 9.17) is 10.00 Å². The number of rotatable bonds is 4. The molecule has 1 saturated heterocycles. The molecule has 5 nitrogen and oxygen atoms in total. The summed E-state index contributed by atoms with van der Waals surface area (Å²) in [6, 6.07) is 0. The molecular formula is C11H17N3O2S. The lowest BCUT2D eigenvalue weighted by Crippen LogP contribution is -2.40. The van der Waals surface area contributed by atoms with Gasteiger partial charge >= 0.3 is 5.97 Å². The molecule has 1 aliphatic heterocycles. The Kier molecular flexibility index (Phi) is 5.29. The number of nitrogens with zero attached hydrogens (tertiary/aromatic N) is 3. The van der Waals surface area contributed by atoms with Crippen molar-refractivity contribution in [2.45, 2.75) is 33.4 Å². The van der Waals surface area contributed by atoms with Gasteiger partial charge in [0.2, 0.25) is 6.19 Å². The normalized spacial score (nSPS) is 19.5. The van der Waals surface area contributed by atoms with Crippen LogP contribution in [-0.2, 0) is 9.53 Å². The molecule has 0 saturated carbocycles. The van der Waals surface area contributed by atoms with Crippen LogP contribution in [0.5, 0.6) is 0 Å². The van der Waals surface area contributed by atoms with Gasteiger partial charge in [0.05, 0.1) is 0 Å². The number of ether oxygens (including phenoxy) is 1. The average molecular weight is 255 g/mol. The molecule has 6 heteroatoms. The molecule has 0 N–H and O–H groups in total. The summed E-state index contributed by atoms with van der Waals surface area (Å²) in [5.41, 5.74) is 0. The van der Waals surface area contributed by atoms with Crippen LogP contribution in [0.3, 0.4) is 0 Å². The molecule has 0 amide bonds. The highest BCUT2D eigenvalue weighted by Crippen LogP contribution is 2.24. The number of hydrogen-bond acceptors (Lipinski definition) is 5. The second-order valence-corrected chi connectivity index (χ2v) is 5.29. The zero-order chi connectivity index (χ0) is 12.8. The van der Waals surface area contributed by atoms with Crippen LogP contribution >= 0.6 is 11.8 Å². The number of esters is 1. The Morgan fingerprint density at radius 1 is 1.71 bits per heavy atom. The summed E-state index contributed by atoms with van der Waals surface area (Å²) in [6.45, 7) is 6.30. The lowest BCUT2D eigenvalue weighted by molar-refractivity contribution is -0.153. The van der Waals surface area contributed by atoms with Gasteiger partial charge in [0.1, 0.15) is 0 Å². The first-order valence-corrected chi connectivity index (χ1v) is 6.56. The lowest BCUT2D eigenvalue weighted by atomic mass is 10.1. The van der Waals surface area contributed by atoms with E-state index >= 15 is 0 Å². The van der Waals surface area contributed by atoms with E-state index in [0.29, 0.717) is 11.1 Å². The van der Waals surface area contributed by atoms with Gasteiger partial charge in [-0.3, -0.25) is 4.79 Å². The van der Waals surface area contributed by atoms with Gasteiger partial charge in [-0.1, -0.05) is 25.6 Å². The van der Waals surface area contributed by atoms with Gasteiger partial charge in [-0.05, 0) is 5.92 Å². The van der Waals surface area contributed by atoms with Crippen LogP contribution in [0, 0.1) is 17.4 Å². The SMILES string of the molecule is CC(=O)OC(CC(C)C)N1CCSC1=NC#N. The minimum Gasteiger partial charge on any atom is -0.442 e. The van der Waals surface area contributed by atoms with E-state index < -0.39 is 0 Å². The van der Waals surface area contributed by atoms with E-state index in [-0.39, 0.29) is 12.2 Å². The fourth-order valence-corrected chi connectivity index (χ4v) is 2.60. The number of amidine groups is 1. The van der Waals surface area contributed by atoms with Crippen LogP contribution in [0.25, 0.3) is 0 Å². The Balaban J connectivity index is 2.78. The topological polar surface area (TPSA) is 65.7 Å². The fourth-order valence-electron chi connectivity index (χ4n) is 1.65. The first-order chi connectivity index (χ1) is 8.04. The summed E-state index contributed by atoms with van der Waals surface area (Å²) >= 11 is 1.52. The van der Waals surface area contributed by atoms with Crippen molar-refractivity contribution >= 4 is 22.9 Å². The highest BCUT2D eigenvalue weighted by atomic mass is 32.2. The van der Waals surface area contributed by atoms with Crippen molar-refractivity contribution in [2.75, 3.05) is 12.3 Å². The molecular weight excluding hydrogens is 238 g/mol. The van der Waals surface area contributed by atoms with E-state index in [1.807, 2.05) is 4.90 Å². The molecule has 0 aromatic rings. The number of thioether (sulfide) groups is 1. The van der Waals surface area contributed by atoms with Crippen LogP contribution in [0.2, 0.25) is 0 Å². The molecule has 1 atom stereocenters. The van der Waals surface area contributed by atoms with Gasteiger partial charge in [-0.25, -0.2) is 0 Å². The largest absolute Gasteiger partial charge is 0.442 e. The van der Waals surface area contributed by atoms with Crippen LogP contribution in [0.1, 0.15) is 27.2 Å². The second-order valence-electron chi connectivity index (χ2n) is 4.23. The molecule has 0 aliphatic carbocycles. The third kappa shape index (κ3) is 4.27. The van der Waals surface area contributed by atoms with Gasteiger partial charge in [0.15, 0.2) is 11.4 Å². The molecule has 0 aromatic heterocycles. The first kappa shape index (κ1) is 13.8. The zero-order valence-electron chi connectivity index (χ0n) is 10.3. The summed E-state index contributed by atoms with van der Waals surface area (Å²) in [4.78, 5) is 16.8. The van der Waals surface area contributed by atoms with E-state index in [9.17, 15) is 4.79 Å². The van der Waals surface area contributed by atoms with Gasteiger partial charge in [0, 0.05) is 25.6 Å². The Morgan fingerprint density at radius 2 is 2.41 bits per heavy atom. The van der Waals surface area contributed by atoms with Crippen molar-refractivity contribution in [1.29, 1.82) is 5.26 Å². The predicted octanol–water partition coefficient (Wildman–Crippen LogP) is 1.81. The summed E-state index contributed by atoms with van der Waals surface area (Å²) in [5.74, 6) is 0.980. The van der Waals surface area contributed by atoms with E-state index in [1.165, 1.54) is 18.7 Å². The molecule has 0 radical (unpaired) electrons. The number of aliphatic imine (C=N–C) groups is 1. The third-order valence-electron chi connectivity index (χ3n) is 2.28. The molecule has 0 spiro atoms. The van der Waals surface area contributed by atoms with Crippen LogP contribution in [0.15, 0.2) is 4.99 Å². The maximum atomic E-state index is 11.1. The maximum absolute atomic E-state index is 11.1. The summed E-state index contributed by atoms with van der Waals surface area (Å²) in [7, 11) is 0. The summed E-state index contributed by atoms with van der Waals surface area (Å²) in [5, 5.41) is 9.26. The van der Waals surface area contributed by atoms with Crippen LogP contribution in [0.4, 0.5) is 0 Å². The zero-order valence-corrected chi connectivity index (χ0v) is 11.2. The second kappa shape index (κ2) is 6.50. The first-order valence-electron chi connectivity index (χ1n) is 5.58. The molecule has 17 heavy (non-hydrogen) atoms. The molecule has 1 aliphatic rings. The smallest absolute Gasteiger partial charge is 0.304 e. The number of nitriles is 1. The standard InChI is InChI=1S/C11H17N3O2S/c1-8(2)6-10(16-9(3)15)14-4-5-17-11(14)13-7-12/h8,10H,4-6H2,1-3H3. The predicted molar refractivity (Wildman–Crippen MR) is 67.2 cm³/mol. The van der Waals surface area contributed by atoms with Crippen molar-refractivity contribution in [1.82, 2.24) is 4.90 Å². The van der Waals surface area contributed by atoms with E-state index in [1.54, 1.807) is 6.19 Å². The molecule has 1 fully saturated rings. The van der Waals surface area contributed by atoms with Crippen molar-refractivity contribution < 1.29 is 9.53 Å². The van der Waals surface area contributed by atoms with Crippen LogP contribution in [-0.4, -0.2) is 34.6 Å². The minimum absolute atomic E-state index is 0.302. The molecule has 1 heterocycles. The number of carbonyl (C=O) groups is 1. The number of carbonyl (C=O) groups excluding carboxylic acids is 1. The maximum Gasteiger partial charge on any atom is 0.304 e. The number of hydrogen-bond donors (Lipinski definition) is 0. The van der Waals surface area contributed by atoms with Gasteiger partial charge in [-0.15, -0.1) is 4.99 Å². The Bertz CT molecular complexity index is 349. The summed E-state index contributed by atoms with van der Waals surface area (Å²) < 4.78 is 5.31. The molecule has 94 valence electrons.